The first-order valence-electron chi connectivity index (χ1n) is 10.1. The van der Waals surface area contributed by atoms with Gasteiger partial charge in [0.25, 0.3) is 0 Å². The molecule has 1 atom stereocenters. The predicted octanol–water partition coefficient (Wildman–Crippen LogP) is 2.86. The molecule has 1 aromatic carbocycles. The van der Waals surface area contributed by atoms with Crippen LogP contribution in [0.4, 0.5) is 0 Å². The Morgan fingerprint density at radius 3 is 2.70 bits per heavy atom. The average Bonchev–Trinajstić information content (AvgIpc) is 2.72. The summed E-state index contributed by atoms with van der Waals surface area (Å²) in [6.45, 7) is 2.13. The number of amides is 2. The molecule has 6 heteroatoms. The third kappa shape index (κ3) is 4.46. The van der Waals surface area contributed by atoms with E-state index in [1.807, 2.05) is 29.2 Å². The van der Waals surface area contributed by atoms with Crippen molar-refractivity contribution < 1.29 is 9.59 Å². The number of nitrogens with one attached hydrogen (secondary N) is 1. The highest BCUT2D eigenvalue weighted by atomic mass is 35.5. The summed E-state index contributed by atoms with van der Waals surface area (Å²) in [5.41, 5.74) is 6.00. The first-order chi connectivity index (χ1) is 13.1. The maximum absolute atomic E-state index is 13.7. The average molecular weight is 392 g/mol. The second-order valence-electron chi connectivity index (χ2n) is 7.82. The number of carbonyl (C=O) groups is 2. The van der Waals surface area contributed by atoms with E-state index in [0.29, 0.717) is 24.7 Å². The maximum atomic E-state index is 13.7. The van der Waals surface area contributed by atoms with Crippen molar-refractivity contribution in [2.45, 2.75) is 50.4 Å². The summed E-state index contributed by atoms with van der Waals surface area (Å²) in [6, 6.07) is 7.76. The van der Waals surface area contributed by atoms with Crippen molar-refractivity contribution in [3.05, 3.63) is 34.9 Å². The molecule has 1 saturated heterocycles. The smallest absolute Gasteiger partial charge is 0.233 e. The van der Waals surface area contributed by atoms with Gasteiger partial charge in [-0.15, -0.1) is 0 Å². The zero-order valence-corrected chi connectivity index (χ0v) is 16.6. The normalized spacial score (nSPS) is 22.3. The molecule has 0 aromatic heterocycles. The Morgan fingerprint density at radius 2 is 2.00 bits per heavy atom. The molecule has 1 saturated carbocycles. The fourth-order valence-corrected chi connectivity index (χ4v) is 4.78. The Labute approximate surface area is 166 Å². The third-order valence-electron chi connectivity index (χ3n) is 6.02. The largest absolute Gasteiger partial charge is 0.355 e. The Kier molecular flexibility index (Phi) is 6.77. The highest BCUT2D eigenvalue weighted by molar-refractivity contribution is 6.30. The molecular weight excluding hydrogens is 362 g/mol. The van der Waals surface area contributed by atoms with E-state index in [9.17, 15) is 9.59 Å². The molecule has 148 valence electrons. The highest BCUT2D eigenvalue weighted by Crippen LogP contribution is 2.42. The van der Waals surface area contributed by atoms with E-state index in [1.54, 1.807) is 0 Å². The minimum absolute atomic E-state index is 0.0124. The molecule has 0 bridgehead atoms. The van der Waals surface area contributed by atoms with Crippen LogP contribution >= 0.6 is 11.6 Å². The SMILES string of the molecule is NCCNC(=O)C1CCCN(C(=O)C2(c3cccc(Cl)c3)CCCCC2)C1. The number of piperidine rings is 1. The molecule has 2 fully saturated rings. The van der Waals surface area contributed by atoms with Crippen LogP contribution in [0.25, 0.3) is 0 Å². The lowest BCUT2D eigenvalue weighted by Crippen LogP contribution is -2.53. The van der Waals surface area contributed by atoms with Gasteiger partial charge in [0.15, 0.2) is 0 Å². The summed E-state index contributed by atoms with van der Waals surface area (Å²) >= 11 is 6.24. The van der Waals surface area contributed by atoms with Crippen LogP contribution in [0.5, 0.6) is 0 Å². The summed E-state index contributed by atoms with van der Waals surface area (Å²) in [6.07, 6.45) is 6.65. The Bertz CT molecular complexity index is 673. The van der Waals surface area contributed by atoms with Gasteiger partial charge < -0.3 is 16.0 Å². The van der Waals surface area contributed by atoms with E-state index in [1.165, 1.54) is 6.42 Å². The number of nitrogens with two attached hydrogens (primary N) is 1. The van der Waals surface area contributed by atoms with Gasteiger partial charge in [-0.1, -0.05) is 43.0 Å². The van der Waals surface area contributed by atoms with Crippen molar-refractivity contribution in [2.75, 3.05) is 26.2 Å². The van der Waals surface area contributed by atoms with Crippen molar-refractivity contribution in [1.29, 1.82) is 0 Å². The predicted molar refractivity (Wildman–Crippen MR) is 108 cm³/mol. The zero-order chi connectivity index (χ0) is 19.3. The Hall–Kier alpha value is -1.59. The third-order valence-corrected chi connectivity index (χ3v) is 6.25. The number of nitrogens with zero attached hydrogens (tertiary/aromatic N) is 1. The molecule has 1 unspecified atom stereocenters. The van der Waals surface area contributed by atoms with Gasteiger partial charge in [0.1, 0.15) is 0 Å². The summed E-state index contributed by atoms with van der Waals surface area (Å²) in [4.78, 5) is 28.0. The van der Waals surface area contributed by atoms with E-state index in [2.05, 4.69) is 5.32 Å². The highest BCUT2D eigenvalue weighted by Gasteiger charge is 2.44. The van der Waals surface area contributed by atoms with E-state index in [-0.39, 0.29) is 17.7 Å². The molecule has 5 nitrogen and oxygen atoms in total. The van der Waals surface area contributed by atoms with Gasteiger partial charge in [0.05, 0.1) is 11.3 Å². The molecule has 3 N–H and O–H groups in total. The van der Waals surface area contributed by atoms with Gasteiger partial charge in [-0.2, -0.15) is 0 Å². The fraction of sp³-hybridized carbons (Fsp3) is 0.619. The lowest BCUT2D eigenvalue weighted by atomic mass is 9.68. The number of hydrogen-bond acceptors (Lipinski definition) is 3. The van der Waals surface area contributed by atoms with Crippen molar-refractivity contribution in [3.8, 4) is 0 Å². The number of carbonyl (C=O) groups excluding carboxylic acids is 2. The van der Waals surface area contributed by atoms with Crippen LogP contribution in [0.3, 0.4) is 0 Å². The minimum Gasteiger partial charge on any atom is -0.355 e. The van der Waals surface area contributed by atoms with Crippen LogP contribution in [-0.2, 0) is 15.0 Å². The zero-order valence-electron chi connectivity index (χ0n) is 15.9. The number of benzene rings is 1. The van der Waals surface area contributed by atoms with Gasteiger partial charge in [-0.25, -0.2) is 0 Å². The molecule has 0 spiro atoms. The standard InChI is InChI=1S/C21H30ClN3O2/c22-18-8-4-7-17(14-18)21(9-2-1-3-10-21)20(27)25-13-5-6-16(15-25)19(26)24-12-11-23/h4,7-8,14,16H,1-3,5-6,9-13,15,23H2,(H,24,26). The van der Waals surface area contributed by atoms with Crippen LogP contribution in [0.2, 0.25) is 5.02 Å². The van der Waals surface area contributed by atoms with Crippen molar-refractivity contribution in [2.24, 2.45) is 11.7 Å². The lowest BCUT2D eigenvalue weighted by molar-refractivity contribution is -0.142. The van der Waals surface area contributed by atoms with Crippen molar-refractivity contribution in [3.63, 3.8) is 0 Å². The quantitative estimate of drug-likeness (QED) is 0.810. The van der Waals surface area contributed by atoms with Crippen LogP contribution in [0.15, 0.2) is 24.3 Å². The molecule has 1 heterocycles. The first kappa shape index (κ1) is 20.2. The monoisotopic (exact) mass is 391 g/mol. The van der Waals surface area contributed by atoms with Gasteiger partial charge in [-0.05, 0) is 43.4 Å². The molecule has 1 aliphatic heterocycles. The number of rotatable bonds is 5. The Morgan fingerprint density at radius 1 is 1.22 bits per heavy atom. The van der Waals surface area contributed by atoms with Crippen LogP contribution in [0.1, 0.15) is 50.5 Å². The number of likely N-dealkylation sites (tertiary alicyclic amines) is 1. The van der Waals surface area contributed by atoms with E-state index >= 15 is 0 Å². The molecule has 27 heavy (non-hydrogen) atoms. The van der Waals surface area contributed by atoms with Crippen molar-refractivity contribution in [1.82, 2.24) is 10.2 Å². The van der Waals surface area contributed by atoms with E-state index < -0.39 is 5.41 Å². The summed E-state index contributed by atoms with van der Waals surface area (Å²) in [7, 11) is 0. The van der Waals surface area contributed by atoms with Crippen molar-refractivity contribution >= 4 is 23.4 Å². The second-order valence-corrected chi connectivity index (χ2v) is 8.26. The van der Waals surface area contributed by atoms with Gasteiger partial charge >= 0.3 is 0 Å². The summed E-state index contributed by atoms with van der Waals surface area (Å²) in [5, 5.41) is 3.54. The number of hydrogen-bond donors (Lipinski definition) is 2. The van der Waals surface area contributed by atoms with Crippen LogP contribution < -0.4 is 11.1 Å². The molecule has 2 amide bonds. The van der Waals surface area contributed by atoms with E-state index in [4.69, 9.17) is 17.3 Å². The lowest BCUT2D eigenvalue weighted by Gasteiger charge is -2.42. The van der Waals surface area contributed by atoms with Gasteiger partial charge in [0.2, 0.25) is 11.8 Å². The summed E-state index contributed by atoms with van der Waals surface area (Å²) < 4.78 is 0. The number of halogens is 1. The first-order valence-corrected chi connectivity index (χ1v) is 10.5. The summed E-state index contributed by atoms with van der Waals surface area (Å²) in [5.74, 6) is 0.0356. The molecule has 2 aliphatic rings. The molecule has 0 radical (unpaired) electrons. The van der Waals surface area contributed by atoms with Crippen LogP contribution in [0, 0.1) is 5.92 Å². The van der Waals surface area contributed by atoms with Gasteiger partial charge in [-0.3, -0.25) is 9.59 Å². The maximum Gasteiger partial charge on any atom is 0.233 e. The molecule has 1 aliphatic carbocycles. The minimum atomic E-state index is -0.501. The second kappa shape index (κ2) is 9.07. The van der Waals surface area contributed by atoms with Gasteiger partial charge in [0, 0.05) is 31.2 Å². The Balaban J connectivity index is 1.81. The fourth-order valence-electron chi connectivity index (χ4n) is 4.59. The molecular formula is C21H30ClN3O2. The molecule has 3 rings (SSSR count). The van der Waals surface area contributed by atoms with Crippen LogP contribution in [-0.4, -0.2) is 42.9 Å². The van der Waals surface area contributed by atoms with E-state index in [0.717, 1.165) is 50.6 Å². The topological polar surface area (TPSA) is 75.4 Å². The molecule has 1 aromatic rings.